The molecule has 1 fully saturated rings. The predicted octanol–water partition coefficient (Wildman–Crippen LogP) is 1.49. The topological polar surface area (TPSA) is 51.5 Å². The van der Waals surface area contributed by atoms with Crippen molar-refractivity contribution in [1.82, 2.24) is 14.7 Å². The Morgan fingerprint density at radius 3 is 2.87 bits per heavy atom. The van der Waals surface area contributed by atoms with Gasteiger partial charge in [-0.3, -0.25) is 9.79 Å². The van der Waals surface area contributed by atoms with E-state index >= 15 is 0 Å². The molecule has 1 aromatic rings. The van der Waals surface area contributed by atoms with Crippen LogP contribution in [0.4, 0.5) is 0 Å². The number of hydrogen-bond acceptors (Lipinski definition) is 6. The second-order valence-electron chi connectivity index (χ2n) is 5.99. The van der Waals surface area contributed by atoms with Crippen LogP contribution < -0.4 is 0 Å². The Morgan fingerprint density at radius 1 is 1.30 bits per heavy atom. The maximum Gasteiger partial charge on any atom is 0.254 e. The maximum absolute atomic E-state index is 12.4. The zero-order valence-electron chi connectivity index (χ0n) is 13.1. The van der Waals surface area contributed by atoms with E-state index in [0.717, 1.165) is 49.9 Å². The Labute approximate surface area is 139 Å². The van der Waals surface area contributed by atoms with Crippen LogP contribution in [0.25, 0.3) is 0 Å². The summed E-state index contributed by atoms with van der Waals surface area (Å²) in [5.74, 6) is 2.09. The summed E-state index contributed by atoms with van der Waals surface area (Å²) in [4.78, 5) is 27.8. The number of nitrogens with zero attached hydrogens (tertiary/aromatic N) is 5. The molecule has 0 bridgehead atoms. The first kappa shape index (κ1) is 14.4. The van der Waals surface area contributed by atoms with Crippen LogP contribution in [0.2, 0.25) is 0 Å². The summed E-state index contributed by atoms with van der Waals surface area (Å²) in [6.07, 6.45) is 3.94. The van der Waals surface area contributed by atoms with E-state index in [2.05, 4.69) is 32.8 Å². The van der Waals surface area contributed by atoms with E-state index in [9.17, 15) is 4.79 Å². The highest BCUT2D eigenvalue weighted by Gasteiger charge is 2.28. The highest BCUT2D eigenvalue weighted by molar-refractivity contribution is 7.08. The van der Waals surface area contributed by atoms with Crippen LogP contribution in [0.5, 0.6) is 0 Å². The van der Waals surface area contributed by atoms with Crippen LogP contribution in [0.3, 0.4) is 0 Å². The van der Waals surface area contributed by atoms with Gasteiger partial charge in [-0.15, -0.1) is 0 Å². The molecule has 0 aromatic carbocycles. The normalized spacial score (nSPS) is 23.7. The van der Waals surface area contributed by atoms with Crippen LogP contribution in [-0.2, 0) is 0 Å². The zero-order chi connectivity index (χ0) is 15.8. The highest BCUT2D eigenvalue weighted by Crippen LogP contribution is 2.20. The van der Waals surface area contributed by atoms with Crippen molar-refractivity contribution in [2.24, 2.45) is 9.98 Å². The molecule has 0 N–H and O–H groups in total. The van der Waals surface area contributed by atoms with Gasteiger partial charge in [0.25, 0.3) is 5.91 Å². The molecule has 3 aliphatic rings. The Balaban J connectivity index is 1.40. The van der Waals surface area contributed by atoms with E-state index in [1.807, 2.05) is 28.1 Å². The molecular formula is C16H19N5OS. The van der Waals surface area contributed by atoms with E-state index in [1.54, 1.807) is 11.3 Å². The summed E-state index contributed by atoms with van der Waals surface area (Å²) in [7, 11) is 0. The predicted molar refractivity (Wildman–Crippen MR) is 92.0 cm³/mol. The second kappa shape index (κ2) is 5.81. The number of thiophene rings is 1. The number of rotatable bonds is 2. The number of amidine groups is 1. The van der Waals surface area contributed by atoms with Crippen LogP contribution >= 0.6 is 11.3 Å². The number of amides is 1. The smallest absolute Gasteiger partial charge is 0.254 e. The molecule has 4 heterocycles. The van der Waals surface area contributed by atoms with Crippen molar-refractivity contribution < 1.29 is 4.79 Å². The lowest BCUT2D eigenvalue weighted by Crippen LogP contribution is -2.48. The third kappa shape index (κ3) is 2.65. The van der Waals surface area contributed by atoms with Crippen molar-refractivity contribution in [1.29, 1.82) is 0 Å². The van der Waals surface area contributed by atoms with Crippen molar-refractivity contribution in [3.8, 4) is 0 Å². The minimum Gasteiger partial charge on any atom is -0.353 e. The van der Waals surface area contributed by atoms with Gasteiger partial charge >= 0.3 is 0 Å². The summed E-state index contributed by atoms with van der Waals surface area (Å²) in [6.45, 7) is 6.05. The summed E-state index contributed by atoms with van der Waals surface area (Å²) in [5, 5.41) is 3.86. The van der Waals surface area contributed by atoms with E-state index in [-0.39, 0.29) is 5.91 Å². The Kier molecular flexibility index (Phi) is 3.65. The van der Waals surface area contributed by atoms with E-state index < -0.39 is 0 Å². The van der Waals surface area contributed by atoms with E-state index in [0.29, 0.717) is 6.04 Å². The van der Waals surface area contributed by atoms with Crippen LogP contribution in [0, 0.1) is 0 Å². The summed E-state index contributed by atoms with van der Waals surface area (Å²) in [6, 6.07) is 2.29. The fourth-order valence-corrected chi connectivity index (χ4v) is 3.70. The molecule has 120 valence electrons. The molecule has 0 spiro atoms. The average molecular weight is 329 g/mol. The van der Waals surface area contributed by atoms with Gasteiger partial charge in [0.15, 0.2) is 0 Å². The molecule has 3 aliphatic heterocycles. The lowest BCUT2D eigenvalue weighted by molar-refractivity contribution is 0.0669. The van der Waals surface area contributed by atoms with E-state index in [1.165, 1.54) is 0 Å². The molecular weight excluding hydrogens is 310 g/mol. The lowest BCUT2D eigenvalue weighted by atomic mass is 10.2. The first-order valence-corrected chi connectivity index (χ1v) is 8.82. The highest BCUT2D eigenvalue weighted by atomic mass is 32.1. The molecule has 1 saturated heterocycles. The van der Waals surface area contributed by atoms with Crippen LogP contribution in [-0.4, -0.2) is 71.5 Å². The van der Waals surface area contributed by atoms with Crippen molar-refractivity contribution in [2.45, 2.75) is 13.0 Å². The molecule has 1 amide bonds. The quantitative estimate of drug-likeness (QED) is 0.826. The SMILES string of the molecule is C[C@H]1CN=C2C=C(N3CCN(C(=O)c4ccsc4)CC3)N=CN21. The summed E-state index contributed by atoms with van der Waals surface area (Å²) >= 11 is 1.56. The number of piperazine rings is 1. The first-order chi connectivity index (χ1) is 11.2. The summed E-state index contributed by atoms with van der Waals surface area (Å²) in [5.41, 5.74) is 0.795. The van der Waals surface area contributed by atoms with Gasteiger partial charge in [0.2, 0.25) is 0 Å². The van der Waals surface area contributed by atoms with Gasteiger partial charge in [-0.05, 0) is 18.4 Å². The van der Waals surface area contributed by atoms with Gasteiger partial charge in [0, 0.05) is 37.6 Å². The van der Waals surface area contributed by atoms with Crippen LogP contribution in [0.15, 0.2) is 38.7 Å². The Morgan fingerprint density at radius 2 is 2.13 bits per heavy atom. The van der Waals surface area contributed by atoms with Crippen LogP contribution in [0.1, 0.15) is 17.3 Å². The average Bonchev–Trinajstić information content (AvgIpc) is 3.24. The Bertz CT molecular complexity index is 685. The molecule has 23 heavy (non-hydrogen) atoms. The third-order valence-corrected chi connectivity index (χ3v) is 5.17. The second-order valence-corrected chi connectivity index (χ2v) is 6.77. The van der Waals surface area contributed by atoms with Crippen molar-refractivity contribution >= 4 is 29.4 Å². The molecule has 0 radical (unpaired) electrons. The zero-order valence-corrected chi connectivity index (χ0v) is 13.9. The minimum absolute atomic E-state index is 0.132. The number of carbonyl (C=O) groups is 1. The fraction of sp³-hybridized carbons (Fsp3) is 0.438. The van der Waals surface area contributed by atoms with Gasteiger partial charge in [0.1, 0.15) is 11.7 Å². The van der Waals surface area contributed by atoms with Gasteiger partial charge in [-0.1, -0.05) is 0 Å². The molecule has 1 atom stereocenters. The largest absolute Gasteiger partial charge is 0.353 e. The molecule has 7 heteroatoms. The van der Waals surface area contributed by atoms with Gasteiger partial charge in [-0.25, -0.2) is 4.99 Å². The number of hydrogen-bond donors (Lipinski definition) is 0. The van der Waals surface area contributed by atoms with Crippen molar-refractivity contribution in [2.75, 3.05) is 32.7 Å². The molecule has 0 saturated carbocycles. The van der Waals surface area contributed by atoms with E-state index in [4.69, 9.17) is 0 Å². The number of aliphatic imine (C=N–C) groups is 2. The van der Waals surface area contributed by atoms with Gasteiger partial charge < -0.3 is 14.7 Å². The third-order valence-electron chi connectivity index (χ3n) is 4.49. The standard InChI is InChI=1S/C16H19N5OS/c1-12-9-17-15-8-14(18-11-21(12)15)19-3-5-20(6-4-19)16(22)13-2-7-23-10-13/h2,7-8,10-12H,3-6,9H2,1H3/t12-/m0/s1. The minimum atomic E-state index is 0.132. The van der Waals surface area contributed by atoms with Crippen molar-refractivity contribution in [3.05, 3.63) is 34.3 Å². The fourth-order valence-electron chi connectivity index (χ4n) is 3.07. The molecule has 1 aromatic heterocycles. The number of fused-ring (bicyclic) bond motifs is 1. The molecule has 4 rings (SSSR count). The maximum atomic E-state index is 12.4. The summed E-state index contributed by atoms with van der Waals surface area (Å²) < 4.78 is 0. The van der Waals surface area contributed by atoms with Crippen molar-refractivity contribution in [3.63, 3.8) is 0 Å². The lowest BCUT2D eigenvalue weighted by Gasteiger charge is -2.37. The van der Waals surface area contributed by atoms with Gasteiger partial charge in [0.05, 0.1) is 24.5 Å². The molecule has 0 aliphatic carbocycles. The monoisotopic (exact) mass is 329 g/mol. The molecule has 6 nitrogen and oxygen atoms in total. The first-order valence-electron chi connectivity index (χ1n) is 7.87. The number of carbonyl (C=O) groups excluding carboxylic acids is 1. The molecule has 0 unspecified atom stereocenters. The Hall–Kier alpha value is -2.15. The van der Waals surface area contributed by atoms with Gasteiger partial charge in [-0.2, -0.15) is 11.3 Å².